The van der Waals surface area contributed by atoms with Gasteiger partial charge in [0.25, 0.3) is 0 Å². The van der Waals surface area contributed by atoms with Crippen LogP contribution >= 0.6 is 0 Å². The largest absolute Gasteiger partial charge is 0.462 e. The lowest BCUT2D eigenvalue weighted by molar-refractivity contribution is -0.167. The van der Waals surface area contributed by atoms with Crippen molar-refractivity contribution in [3.63, 3.8) is 0 Å². The summed E-state index contributed by atoms with van der Waals surface area (Å²) in [5.41, 5.74) is 0. The van der Waals surface area contributed by atoms with Crippen molar-refractivity contribution in [1.29, 1.82) is 0 Å². The normalized spacial score (nSPS) is 12.5. The van der Waals surface area contributed by atoms with Crippen LogP contribution in [0.3, 0.4) is 0 Å². The van der Waals surface area contributed by atoms with Crippen molar-refractivity contribution >= 4 is 17.9 Å². The maximum Gasteiger partial charge on any atom is 0.306 e. The summed E-state index contributed by atoms with van der Waals surface area (Å²) in [6.45, 7) is 6.53. The molecule has 6 nitrogen and oxygen atoms in total. The molecule has 0 heterocycles. The second-order valence-corrected chi connectivity index (χ2v) is 18.8. The highest BCUT2D eigenvalue weighted by Crippen LogP contribution is 2.16. The fourth-order valence-corrected chi connectivity index (χ4v) is 8.06. The van der Waals surface area contributed by atoms with Crippen LogP contribution in [0.5, 0.6) is 0 Å². The van der Waals surface area contributed by atoms with E-state index < -0.39 is 6.10 Å². The summed E-state index contributed by atoms with van der Waals surface area (Å²) in [7, 11) is 0. The zero-order chi connectivity index (χ0) is 47.9. The Labute approximate surface area is 409 Å². The number of esters is 3. The third kappa shape index (κ3) is 52.1. The molecule has 0 aliphatic heterocycles. The molecule has 382 valence electrons. The van der Waals surface area contributed by atoms with Crippen molar-refractivity contribution in [1.82, 2.24) is 0 Å². The van der Waals surface area contributed by atoms with E-state index in [1.54, 1.807) is 0 Å². The Bertz CT molecular complexity index is 1200. The van der Waals surface area contributed by atoms with Gasteiger partial charge in [0.15, 0.2) is 6.10 Å². The second-order valence-electron chi connectivity index (χ2n) is 18.8. The molecule has 0 aromatic rings. The number of carbonyl (C=O) groups excluding carboxylic acids is 3. The van der Waals surface area contributed by atoms with E-state index in [1.165, 1.54) is 148 Å². The van der Waals surface area contributed by atoms with Gasteiger partial charge in [-0.25, -0.2) is 0 Å². The van der Waals surface area contributed by atoms with Crippen LogP contribution < -0.4 is 0 Å². The van der Waals surface area contributed by atoms with Crippen LogP contribution in [0.15, 0.2) is 60.8 Å². The van der Waals surface area contributed by atoms with Gasteiger partial charge in [-0.05, 0) is 64.2 Å². The zero-order valence-electron chi connectivity index (χ0n) is 43.7. The Balaban J connectivity index is 4.41. The maximum atomic E-state index is 12.8. The summed E-state index contributed by atoms with van der Waals surface area (Å²) in [5.74, 6) is -0.901. The minimum Gasteiger partial charge on any atom is -0.462 e. The van der Waals surface area contributed by atoms with E-state index in [0.717, 1.165) is 96.3 Å². The van der Waals surface area contributed by atoms with Gasteiger partial charge in [0, 0.05) is 19.3 Å². The molecule has 0 saturated carbocycles. The van der Waals surface area contributed by atoms with Crippen molar-refractivity contribution in [2.75, 3.05) is 13.2 Å². The minimum atomic E-state index is -0.784. The summed E-state index contributed by atoms with van der Waals surface area (Å²) < 4.78 is 16.8. The molecule has 1 unspecified atom stereocenters. The van der Waals surface area contributed by atoms with Crippen molar-refractivity contribution in [2.24, 2.45) is 0 Å². The summed E-state index contributed by atoms with van der Waals surface area (Å²) in [6, 6.07) is 0. The smallest absolute Gasteiger partial charge is 0.306 e. The Morgan fingerprint density at radius 1 is 0.318 bits per heavy atom. The first kappa shape index (κ1) is 63.1. The van der Waals surface area contributed by atoms with Gasteiger partial charge in [-0.2, -0.15) is 0 Å². The highest BCUT2D eigenvalue weighted by atomic mass is 16.6. The van der Waals surface area contributed by atoms with Crippen LogP contribution in [-0.2, 0) is 28.6 Å². The van der Waals surface area contributed by atoms with E-state index in [0.29, 0.717) is 19.3 Å². The number of unbranched alkanes of at least 4 members (excludes halogenated alkanes) is 30. The number of carbonyl (C=O) groups is 3. The lowest BCUT2D eigenvalue weighted by atomic mass is 10.0. The average molecular weight is 924 g/mol. The topological polar surface area (TPSA) is 78.9 Å². The van der Waals surface area contributed by atoms with Crippen LogP contribution in [0, 0.1) is 0 Å². The van der Waals surface area contributed by atoms with Crippen molar-refractivity contribution in [3.8, 4) is 0 Å². The van der Waals surface area contributed by atoms with Gasteiger partial charge in [0.1, 0.15) is 13.2 Å². The monoisotopic (exact) mass is 923 g/mol. The average Bonchev–Trinajstić information content (AvgIpc) is 3.31. The van der Waals surface area contributed by atoms with Gasteiger partial charge in [0.2, 0.25) is 0 Å². The van der Waals surface area contributed by atoms with Gasteiger partial charge < -0.3 is 14.2 Å². The first-order valence-corrected chi connectivity index (χ1v) is 28.3. The number of allylic oxidation sites excluding steroid dienone is 10. The van der Waals surface area contributed by atoms with Gasteiger partial charge in [-0.15, -0.1) is 0 Å². The van der Waals surface area contributed by atoms with Gasteiger partial charge in [-0.1, -0.05) is 261 Å². The summed E-state index contributed by atoms with van der Waals surface area (Å²) in [4.78, 5) is 38.1. The molecule has 0 rings (SSSR count). The number of hydrogen-bond acceptors (Lipinski definition) is 6. The summed E-state index contributed by atoms with van der Waals surface area (Å²) >= 11 is 0. The van der Waals surface area contributed by atoms with Gasteiger partial charge >= 0.3 is 17.9 Å². The predicted octanol–water partition coefficient (Wildman–Crippen LogP) is 18.8. The van der Waals surface area contributed by atoms with Crippen LogP contribution in [0.1, 0.15) is 284 Å². The van der Waals surface area contributed by atoms with Crippen molar-refractivity contribution < 1.29 is 28.6 Å². The number of hydrogen-bond donors (Lipinski definition) is 0. The molecule has 6 heteroatoms. The molecule has 0 aliphatic rings. The van der Waals surface area contributed by atoms with E-state index in [4.69, 9.17) is 14.2 Å². The third-order valence-electron chi connectivity index (χ3n) is 12.3. The van der Waals surface area contributed by atoms with Crippen LogP contribution in [0.2, 0.25) is 0 Å². The van der Waals surface area contributed by atoms with Crippen molar-refractivity contribution in [3.05, 3.63) is 60.8 Å². The summed E-state index contributed by atoms with van der Waals surface area (Å²) in [5, 5.41) is 0. The van der Waals surface area contributed by atoms with E-state index >= 15 is 0 Å². The number of rotatable bonds is 51. The van der Waals surface area contributed by atoms with Crippen LogP contribution in [-0.4, -0.2) is 37.2 Å². The highest BCUT2D eigenvalue weighted by Gasteiger charge is 2.19. The molecule has 0 N–H and O–H groups in total. The molecule has 0 radical (unpaired) electrons. The molecule has 0 fully saturated rings. The SMILES string of the molecule is CC/C=C\C/C=C\C/C=C\C/C=C\C/C=C\CCCCCC(=O)OCC(COC(=O)CCCCCCCCCCCCCCCC)OC(=O)CCCCCCCCCCCCCCCCC. The highest BCUT2D eigenvalue weighted by molar-refractivity contribution is 5.71. The number of ether oxygens (including phenoxy) is 3. The van der Waals surface area contributed by atoms with E-state index in [9.17, 15) is 14.4 Å². The fourth-order valence-electron chi connectivity index (χ4n) is 8.06. The summed E-state index contributed by atoms with van der Waals surface area (Å²) in [6.07, 6.45) is 67.8. The van der Waals surface area contributed by atoms with E-state index in [2.05, 4.69) is 81.5 Å². The fraction of sp³-hybridized carbons (Fsp3) is 0.783. The molecule has 1 atom stereocenters. The Kier molecular flexibility index (Phi) is 52.3. The standard InChI is InChI=1S/C60H106O6/c1-4-7-10-13-16-19-22-25-28-29-30-31-33-35-38-41-44-47-50-53-59(62)65-56-57(55-64-58(61)52-49-46-43-40-37-34-27-24-21-18-15-12-9-6-3)66-60(63)54-51-48-45-42-39-36-32-26-23-20-17-14-11-8-5-2/h7,10,16,19,25,28,30-31,35,38,57H,4-6,8-9,11-15,17-18,20-24,26-27,29,32-34,36-37,39-56H2,1-3H3/b10-7-,19-16-,28-25-,31-30-,38-35-. The molecule has 0 spiro atoms. The molecule has 0 saturated heterocycles. The lowest BCUT2D eigenvalue weighted by Crippen LogP contribution is -2.30. The molecule has 0 amide bonds. The minimum absolute atomic E-state index is 0.0808. The van der Waals surface area contributed by atoms with E-state index in [-0.39, 0.29) is 31.1 Å². The molecular formula is C60H106O6. The zero-order valence-corrected chi connectivity index (χ0v) is 43.7. The molecule has 0 aromatic carbocycles. The lowest BCUT2D eigenvalue weighted by Gasteiger charge is -2.18. The molecule has 0 bridgehead atoms. The molecule has 0 aliphatic carbocycles. The quantitative estimate of drug-likeness (QED) is 0.0262. The Morgan fingerprint density at radius 2 is 0.591 bits per heavy atom. The molecular weight excluding hydrogens is 817 g/mol. The van der Waals surface area contributed by atoms with Crippen LogP contribution in [0.4, 0.5) is 0 Å². The predicted molar refractivity (Wildman–Crippen MR) is 284 cm³/mol. The molecule has 0 aromatic heterocycles. The molecule has 66 heavy (non-hydrogen) atoms. The first-order valence-electron chi connectivity index (χ1n) is 28.3. The first-order chi connectivity index (χ1) is 32.5. The van der Waals surface area contributed by atoms with E-state index in [1.807, 2.05) is 0 Å². The Hall–Kier alpha value is -2.89. The Morgan fingerprint density at radius 3 is 0.924 bits per heavy atom. The van der Waals surface area contributed by atoms with Crippen LogP contribution in [0.25, 0.3) is 0 Å². The van der Waals surface area contributed by atoms with Crippen molar-refractivity contribution in [2.45, 2.75) is 290 Å². The van der Waals surface area contributed by atoms with Gasteiger partial charge in [-0.3, -0.25) is 14.4 Å². The second kappa shape index (κ2) is 54.7. The van der Waals surface area contributed by atoms with Gasteiger partial charge in [0.05, 0.1) is 0 Å². The maximum absolute atomic E-state index is 12.8. The third-order valence-corrected chi connectivity index (χ3v) is 12.3.